The SMILES string of the molecule is CN1CCC2(CN(c3ncccn3)CC23CCN(C(=O)c2ccccn2)CC3)C1=O. The van der Waals surface area contributed by atoms with Crippen LogP contribution in [-0.4, -0.2) is 76.3 Å². The quantitative estimate of drug-likeness (QED) is 0.751. The summed E-state index contributed by atoms with van der Waals surface area (Å²) in [6.07, 6.45) is 7.59. The van der Waals surface area contributed by atoms with Gasteiger partial charge in [-0.25, -0.2) is 9.97 Å². The summed E-state index contributed by atoms with van der Waals surface area (Å²) in [6, 6.07) is 7.21. The van der Waals surface area contributed by atoms with E-state index in [1.807, 2.05) is 29.0 Å². The van der Waals surface area contributed by atoms with Crippen molar-refractivity contribution in [3.05, 3.63) is 48.5 Å². The van der Waals surface area contributed by atoms with E-state index >= 15 is 0 Å². The molecule has 2 aromatic rings. The molecule has 1 unspecified atom stereocenters. The van der Waals surface area contributed by atoms with Gasteiger partial charge in [-0.1, -0.05) is 6.07 Å². The molecule has 30 heavy (non-hydrogen) atoms. The Morgan fingerprint density at radius 3 is 2.30 bits per heavy atom. The Morgan fingerprint density at radius 1 is 0.933 bits per heavy atom. The van der Waals surface area contributed by atoms with Crippen LogP contribution in [0.25, 0.3) is 0 Å². The zero-order valence-electron chi connectivity index (χ0n) is 17.2. The zero-order valence-corrected chi connectivity index (χ0v) is 17.2. The Balaban J connectivity index is 1.42. The van der Waals surface area contributed by atoms with E-state index < -0.39 is 5.41 Å². The summed E-state index contributed by atoms with van der Waals surface area (Å²) < 4.78 is 0. The van der Waals surface area contributed by atoms with E-state index in [-0.39, 0.29) is 17.2 Å². The second-order valence-electron chi connectivity index (χ2n) is 8.75. The molecule has 2 aromatic heterocycles. The molecule has 156 valence electrons. The van der Waals surface area contributed by atoms with E-state index in [2.05, 4.69) is 19.9 Å². The number of rotatable bonds is 2. The summed E-state index contributed by atoms with van der Waals surface area (Å²) in [7, 11) is 1.90. The molecule has 0 bridgehead atoms. The summed E-state index contributed by atoms with van der Waals surface area (Å²) in [4.78, 5) is 45.3. The lowest BCUT2D eigenvalue weighted by atomic mass is 9.60. The number of carbonyl (C=O) groups is 2. The van der Waals surface area contributed by atoms with Gasteiger partial charge >= 0.3 is 0 Å². The van der Waals surface area contributed by atoms with Gasteiger partial charge in [0.2, 0.25) is 11.9 Å². The maximum atomic E-state index is 13.4. The van der Waals surface area contributed by atoms with Crippen molar-refractivity contribution < 1.29 is 9.59 Å². The van der Waals surface area contributed by atoms with Crippen molar-refractivity contribution in [2.45, 2.75) is 19.3 Å². The number of carbonyl (C=O) groups excluding carboxylic acids is 2. The first-order chi connectivity index (χ1) is 14.5. The van der Waals surface area contributed by atoms with Crippen molar-refractivity contribution in [3.63, 3.8) is 0 Å². The Bertz CT molecular complexity index is 945. The fourth-order valence-corrected chi connectivity index (χ4v) is 5.66. The molecule has 3 aliphatic rings. The summed E-state index contributed by atoms with van der Waals surface area (Å²) in [5.41, 5.74) is -0.124. The highest BCUT2D eigenvalue weighted by molar-refractivity contribution is 5.92. The van der Waals surface area contributed by atoms with Gasteiger partial charge in [-0.3, -0.25) is 14.6 Å². The standard InChI is InChI=1S/C22H26N6O2/c1-26-12-8-22(19(26)30)16-28(20-24-10-4-11-25-20)15-21(22)6-13-27(14-7-21)18(29)17-5-2-3-9-23-17/h2-5,9-11H,6-8,12-16H2,1H3. The first kappa shape index (κ1) is 19.0. The number of aromatic nitrogens is 3. The molecule has 0 saturated carbocycles. The van der Waals surface area contributed by atoms with Gasteiger partial charge < -0.3 is 14.7 Å². The summed E-state index contributed by atoms with van der Waals surface area (Å²) in [5, 5.41) is 0. The first-order valence-corrected chi connectivity index (χ1v) is 10.5. The molecule has 3 fully saturated rings. The second kappa shape index (κ2) is 7.04. The van der Waals surface area contributed by atoms with Crippen molar-refractivity contribution in [1.29, 1.82) is 0 Å². The minimum Gasteiger partial charge on any atom is -0.345 e. The number of piperidine rings is 1. The Kier molecular flexibility index (Phi) is 4.45. The van der Waals surface area contributed by atoms with Gasteiger partial charge in [0.1, 0.15) is 5.69 Å². The molecule has 0 N–H and O–H groups in total. The molecule has 8 heteroatoms. The minimum absolute atomic E-state index is 0.0318. The smallest absolute Gasteiger partial charge is 0.272 e. The summed E-state index contributed by atoms with van der Waals surface area (Å²) in [6.45, 7) is 3.45. The molecule has 5 rings (SSSR count). The highest BCUT2D eigenvalue weighted by atomic mass is 16.2. The lowest BCUT2D eigenvalue weighted by Gasteiger charge is -2.46. The molecule has 3 saturated heterocycles. The zero-order chi connectivity index (χ0) is 20.8. The third kappa shape index (κ3) is 2.77. The fourth-order valence-electron chi connectivity index (χ4n) is 5.66. The van der Waals surface area contributed by atoms with Crippen molar-refractivity contribution in [3.8, 4) is 0 Å². The van der Waals surface area contributed by atoms with Crippen molar-refractivity contribution in [1.82, 2.24) is 24.8 Å². The van der Waals surface area contributed by atoms with Gasteiger partial charge in [0.15, 0.2) is 0 Å². The van der Waals surface area contributed by atoms with Crippen LogP contribution in [0.15, 0.2) is 42.9 Å². The molecule has 0 aromatic carbocycles. The van der Waals surface area contributed by atoms with Gasteiger partial charge in [-0.15, -0.1) is 0 Å². The Hall–Kier alpha value is -3.03. The number of amides is 2. The van der Waals surface area contributed by atoms with Gasteiger partial charge in [0, 0.05) is 63.8 Å². The van der Waals surface area contributed by atoms with Crippen LogP contribution in [0.2, 0.25) is 0 Å². The number of nitrogens with zero attached hydrogens (tertiary/aromatic N) is 6. The van der Waals surface area contributed by atoms with Gasteiger partial charge in [-0.05, 0) is 37.5 Å². The van der Waals surface area contributed by atoms with Crippen LogP contribution >= 0.6 is 0 Å². The topological polar surface area (TPSA) is 82.5 Å². The van der Waals surface area contributed by atoms with Crippen molar-refractivity contribution >= 4 is 17.8 Å². The monoisotopic (exact) mass is 406 g/mol. The normalized spacial score (nSPS) is 25.5. The molecule has 0 aliphatic carbocycles. The van der Waals surface area contributed by atoms with Crippen LogP contribution in [0.3, 0.4) is 0 Å². The summed E-state index contributed by atoms with van der Waals surface area (Å²) in [5.74, 6) is 0.879. The van der Waals surface area contributed by atoms with Crippen molar-refractivity contribution in [2.75, 3.05) is 44.7 Å². The van der Waals surface area contributed by atoms with Crippen molar-refractivity contribution in [2.24, 2.45) is 10.8 Å². The molecule has 8 nitrogen and oxygen atoms in total. The molecule has 2 spiro atoms. The van der Waals surface area contributed by atoms with E-state index in [4.69, 9.17) is 0 Å². The molecule has 1 atom stereocenters. The van der Waals surface area contributed by atoms with E-state index in [1.54, 1.807) is 30.7 Å². The first-order valence-electron chi connectivity index (χ1n) is 10.5. The van der Waals surface area contributed by atoms with Crippen LogP contribution in [0, 0.1) is 10.8 Å². The van der Waals surface area contributed by atoms with Crippen LogP contribution in [0.4, 0.5) is 5.95 Å². The van der Waals surface area contributed by atoms with Gasteiger partial charge in [0.25, 0.3) is 5.91 Å². The van der Waals surface area contributed by atoms with Crippen LogP contribution in [0.1, 0.15) is 29.8 Å². The molecule has 5 heterocycles. The van der Waals surface area contributed by atoms with E-state index in [1.165, 1.54) is 0 Å². The predicted molar refractivity (Wildman–Crippen MR) is 111 cm³/mol. The molecular formula is C22H26N6O2. The third-order valence-electron chi connectivity index (χ3n) is 7.33. The maximum absolute atomic E-state index is 13.4. The van der Waals surface area contributed by atoms with Gasteiger partial charge in [0.05, 0.1) is 5.41 Å². The average molecular weight is 406 g/mol. The highest BCUT2D eigenvalue weighted by Crippen LogP contribution is 2.58. The maximum Gasteiger partial charge on any atom is 0.272 e. The number of pyridine rings is 1. The van der Waals surface area contributed by atoms with E-state index in [9.17, 15) is 9.59 Å². The number of fused-ring (bicyclic) bond motifs is 1. The number of likely N-dealkylation sites (tertiary alicyclic amines) is 2. The lowest BCUT2D eigenvalue weighted by molar-refractivity contribution is -0.140. The molecule has 3 aliphatic heterocycles. The predicted octanol–water partition coefficient (Wildman–Crippen LogP) is 1.46. The molecule has 0 radical (unpaired) electrons. The second-order valence-corrected chi connectivity index (χ2v) is 8.75. The Labute approximate surface area is 175 Å². The number of anilines is 1. The number of hydrogen-bond acceptors (Lipinski definition) is 6. The summed E-state index contributed by atoms with van der Waals surface area (Å²) >= 11 is 0. The van der Waals surface area contributed by atoms with Crippen LogP contribution < -0.4 is 4.90 Å². The van der Waals surface area contributed by atoms with Gasteiger partial charge in [-0.2, -0.15) is 0 Å². The molecular weight excluding hydrogens is 380 g/mol. The molecule has 2 amide bonds. The minimum atomic E-state index is -0.429. The van der Waals surface area contributed by atoms with E-state index in [0.29, 0.717) is 31.3 Å². The highest BCUT2D eigenvalue weighted by Gasteiger charge is 2.65. The third-order valence-corrected chi connectivity index (χ3v) is 7.33. The fraction of sp³-hybridized carbons (Fsp3) is 0.500. The van der Waals surface area contributed by atoms with Crippen LogP contribution in [0.5, 0.6) is 0 Å². The lowest BCUT2D eigenvalue weighted by Crippen LogP contribution is -2.53. The average Bonchev–Trinajstić information content (AvgIpc) is 3.28. The van der Waals surface area contributed by atoms with E-state index in [0.717, 1.165) is 32.4 Å². The Morgan fingerprint density at radius 2 is 1.67 bits per heavy atom. The largest absolute Gasteiger partial charge is 0.345 e. The van der Waals surface area contributed by atoms with Crippen LogP contribution in [-0.2, 0) is 4.79 Å². The number of hydrogen-bond donors (Lipinski definition) is 0.